The van der Waals surface area contributed by atoms with Gasteiger partial charge in [-0.3, -0.25) is 14.3 Å². The molecule has 1 aromatic carbocycles. The topological polar surface area (TPSA) is 104 Å². The summed E-state index contributed by atoms with van der Waals surface area (Å²) in [5.41, 5.74) is 3.76. The second-order valence-electron chi connectivity index (χ2n) is 9.40. The third-order valence-corrected chi connectivity index (χ3v) is 7.75. The van der Waals surface area contributed by atoms with E-state index in [4.69, 9.17) is 28.3 Å². The number of carbonyl (C=O) groups is 2. The van der Waals surface area contributed by atoms with Gasteiger partial charge < -0.3 is 14.9 Å². The second kappa shape index (κ2) is 9.46. The van der Waals surface area contributed by atoms with E-state index >= 15 is 0 Å². The van der Waals surface area contributed by atoms with Crippen molar-refractivity contribution in [1.29, 1.82) is 0 Å². The summed E-state index contributed by atoms with van der Waals surface area (Å²) in [4.78, 5) is 30.6. The van der Waals surface area contributed by atoms with Crippen molar-refractivity contribution in [2.45, 2.75) is 51.9 Å². The molecule has 11 heteroatoms. The molecule has 3 aromatic rings. The number of aliphatic hydroxyl groups is 1. The molecule has 5 rings (SSSR count). The smallest absolute Gasteiger partial charge is 0.273 e. The maximum atomic E-state index is 13.8. The Morgan fingerprint density at radius 1 is 1.19 bits per heavy atom. The van der Waals surface area contributed by atoms with Gasteiger partial charge in [0.15, 0.2) is 0 Å². The van der Waals surface area contributed by atoms with Gasteiger partial charge in [0, 0.05) is 30.1 Å². The van der Waals surface area contributed by atoms with Crippen LogP contribution >= 0.6 is 23.2 Å². The minimum atomic E-state index is -0.404. The lowest BCUT2D eigenvalue weighted by molar-refractivity contribution is 0.0508. The maximum Gasteiger partial charge on any atom is 0.273 e. The fourth-order valence-corrected chi connectivity index (χ4v) is 5.20. The van der Waals surface area contributed by atoms with Gasteiger partial charge in [-0.25, -0.2) is 0 Å². The monoisotopic (exact) mass is 528 g/mol. The Morgan fingerprint density at radius 2 is 1.97 bits per heavy atom. The molecule has 0 fully saturated rings. The highest BCUT2D eigenvalue weighted by atomic mass is 35.5. The normalized spacial score (nSPS) is 20.2. The summed E-state index contributed by atoms with van der Waals surface area (Å²) in [6, 6.07) is 7.62. The number of aromatic nitrogens is 4. The van der Waals surface area contributed by atoms with E-state index in [0.717, 1.165) is 11.4 Å². The van der Waals surface area contributed by atoms with Gasteiger partial charge in [-0.2, -0.15) is 15.3 Å². The second-order valence-corrected chi connectivity index (χ2v) is 10.2. The first-order chi connectivity index (χ1) is 17.2. The van der Waals surface area contributed by atoms with Crippen LogP contribution in [-0.2, 0) is 13.0 Å². The highest BCUT2D eigenvalue weighted by Crippen LogP contribution is 2.35. The van der Waals surface area contributed by atoms with E-state index in [9.17, 15) is 14.7 Å². The quantitative estimate of drug-likeness (QED) is 0.554. The Hall–Kier alpha value is -3.01. The molecule has 0 saturated heterocycles. The molecule has 2 aliphatic heterocycles. The Morgan fingerprint density at radius 3 is 2.64 bits per heavy atom. The molecule has 3 atom stereocenters. The van der Waals surface area contributed by atoms with E-state index in [1.54, 1.807) is 32.7 Å². The zero-order valence-corrected chi connectivity index (χ0v) is 21.7. The van der Waals surface area contributed by atoms with E-state index in [1.807, 2.05) is 32.9 Å². The minimum Gasteiger partial charge on any atom is -0.394 e. The van der Waals surface area contributed by atoms with Crippen molar-refractivity contribution in [3.63, 3.8) is 0 Å². The Labute approximate surface area is 218 Å². The lowest BCUT2D eigenvalue weighted by atomic mass is 9.97. The number of hydrogen-bond donors (Lipinski definition) is 1. The molecule has 1 N–H and O–H groups in total. The third kappa shape index (κ3) is 4.15. The van der Waals surface area contributed by atoms with Crippen molar-refractivity contribution < 1.29 is 14.7 Å². The zero-order chi connectivity index (χ0) is 25.7. The number of benzene rings is 1. The fourth-order valence-electron chi connectivity index (χ4n) is 4.90. The average Bonchev–Trinajstić information content (AvgIpc) is 3.24. The van der Waals surface area contributed by atoms with E-state index in [0.29, 0.717) is 45.5 Å². The van der Waals surface area contributed by atoms with Gasteiger partial charge >= 0.3 is 0 Å². The third-order valence-electron chi connectivity index (χ3n) is 7.01. The van der Waals surface area contributed by atoms with Crippen molar-refractivity contribution in [2.75, 3.05) is 13.2 Å². The van der Waals surface area contributed by atoms with Crippen LogP contribution in [0.5, 0.6) is 0 Å². The Balaban J connectivity index is 1.50. The molecular formula is C25H26Cl2N6O3. The van der Waals surface area contributed by atoms with Crippen molar-refractivity contribution in [2.24, 2.45) is 0 Å². The minimum absolute atomic E-state index is 0.142. The van der Waals surface area contributed by atoms with Crippen LogP contribution in [0.15, 0.2) is 30.3 Å². The van der Waals surface area contributed by atoms with E-state index < -0.39 is 6.04 Å². The Kier molecular flexibility index (Phi) is 6.48. The van der Waals surface area contributed by atoms with E-state index in [2.05, 4.69) is 10.2 Å². The van der Waals surface area contributed by atoms with Crippen molar-refractivity contribution in [3.8, 4) is 0 Å². The van der Waals surface area contributed by atoms with Gasteiger partial charge in [0.25, 0.3) is 11.8 Å². The Bertz CT molecular complexity index is 1340. The SMILES string of the molecule is Cc1ccc(C(C)N2C[C@@H](CO)n3nc4c(c3C2=O)CN(C(=O)c2ccc(Cl)c(Cl)c2)[C@H](C)C4)nn1. The van der Waals surface area contributed by atoms with Gasteiger partial charge in [0.05, 0.1) is 52.4 Å². The van der Waals surface area contributed by atoms with E-state index in [1.165, 1.54) is 0 Å². The van der Waals surface area contributed by atoms with Gasteiger partial charge in [-0.05, 0) is 51.1 Å². The molecule has 36 heavy (non-hydrogen) atoms. The van der Waals surface area contributed by atoms with E-state index in [-0.39, 0.29) is 37.0 Å². The summed E-state index contributed by atoms with van der Waals surface area (Å²) in [5, 5.41) is 24.0. The summed E-state index contributed by atoms with van der Waals surface area (Å²) in [7, 11) is 0. The molecule has 9 nitrogen and oxygen atoms in total. The number of fused-ring (bicyclic) bond motifs is 3. The molecule has 4 heterocycles. The summed E-state index contributed by atoms with van der Waals surface area (Å²) < 4.78 is 1.64. The summed E-state index contributed by atoms with van der Waals surface area (Å²) >= 11 is 12.2. The van der Waals surface area contributed by atoms with Crippen LogP contribution in [0.25, 0.3) is 0 Å². The van der Waals surface area contributed by atoms with Gasteiger partial charge in [-0.15, -0.1) is 0 Å². The largest absolute Gasteiger partial charge is 0.394 e. The van der Waals surface area contributed by atoms with Gasteiger partial charge in [-0.1, -0.05) is 23.2 Å². The average molecular weight is 529 g/mol. The molecule has 0 aliphatic carbocycles. The van der Waals surface area contributed by atoms with Gasteiger partial charge in [0.2, 0.25) is 0 Å². The van der Waals surface area contributed by atoms with Crippen LogP contribution in [0.3, 0.4) is 0 Å². The van der Waals surface area contributed by atoms with Crippen LogP contribution < -0.4 is 0 Å². The fraction of sp³-hybridized carbons (Fsp3) is 0.400. The molecule has 188 valence electrons. The molecule has 0 spiro atoms. The highest BCUT2D eigenvalue weighted by molar-refractivity contribution is 6.42. The number of aryl methyl sites for hydroxylation is 1. The summed E-state index contributed by atoms with van der Waals surface area (Å²) in [5.74, 6) is -0.409. The zero-order valence-electron chi connectivity index (χ0n) is 20.2. The molecule has 2 aliphatic rings. The molecule has 0 bridgehead atoms. The van der Waals surface area contributed by atoms with Crippen LogP contribution in [0.1, 0.15) is 69.4 Å². The molecule has 0 radical (unpaired) electrons. The highest BCUT2D eigenvalue weighted by Gasteiger charge is 2.41. The van der Waals surface area contributed by atoms with Gasteiger partial charge in [0.1, 0.15) is 5.69 Å². The predicted octanol–water partition coefficient (Wildman–Crippen LogP) is 3.63. The molecule has 0 saturated carbocycles. The van der Waals surface area contributed by atoms with Crippen molar-refractivity contribution in [1.82, 2.24) is 29.8 Å². The first kappa shape index (κ1) is 24.7. The lowest BCUT2D eigenvalue weighted by Gasteiger charge is -2.37. The predicted molar refractivity (Wildman–Crippen MR) is 134 cm³/mol. The number of rotatable bonds is 4. The maximum absolute atomic E-state index is 13.8. The van der Waals surface area contributed by atoms with Crippen molar-refractivity contribution >= 4 is 35.0 Å². The number of nitrogens with zero attached hydrogens (tertiary/aromatic N) is 6. The molecule has 2 aromatic heterocycles. The number of halogens is 2. The van der Waals surface area contributed by atoms with Crippen LogP contribution in [0.2, 0.25) is 10.0 Å². The van der Waals surface area contributed by atoms with Crippen LogP contribution in [-0.4, -0.2) is 65.9 Å². The molecule has 1 unspecified atom stereocenters. The molecule has 2 amide bonds. The summed E-state index contributed by atoms with van der Waals surface area (Å²) in [6.07, 6.45) is 0.493. The number of hydrogen-bond acceptors (Lipinski definition) is 6. The first-order valence-corrected chi connectivity index (χ1v) is 12.5. The molecular weight excluding hydrogens is 503 g/mol. The standard InChI is InChI=1S/C25H26Cl2N6O3/c1-13-4-7-21(29-28-13)15(3)32-10-17(12-34)33-23(25(32)36)18-11-31(14(2)8-22(18)30-33)24(35)16-5-6-19(26)20(27)9-16/h4-7,9,14-15,17,34H,8,10-12H2,1-3H3/t14-,15?,17+/m1/s1. The summed E-state index contributed by atoms with van der Waals surface area (Å²) in [6.45, 7) is 6.04. The lowest BCUT2D eigenvalue weighted by Crippen LogP contribution is -2.47. The number of aliphatic hydroxyl groups excluding tert-OH is 1. The number of carbonyl (C=O) groups excluding carboxylic acids is 2. The van der Waals surface area contributed by atoms with Crippen LogP contribution in [0.4, 0.5) is 0 Å². The first-order valence-electron chi connectivity index (χ1n) is 11.8. The number of amides is 2. The van der Waals surface area contributed by atoms with Crippen molar-refractivity contribution in [3.05, 3.63) is 74.3 Å². The van der Waals surface area contributed by atoms with Crippen LogP contribution in [0, 0.1) is 6.92 Å².